The molecular formula is C12H15I2NO2. The minimum atomic E-state index is -0.119. The number of hydrogen-bond donors (Lipinski definition) is 2. The van der Waals surface area contributed by atoms with E-state index in [2.05, 4.69) is 27.9 Å². The second-order valence-electron chi connectivity index (χ2n) is 3.67. The number of halogens is 2. The van der Waals surface area contributed by atoms with Gasteiger partial charge in [0, 0.05) is 12.1 Å². The second kappa shape index (κ2) is 8.12. The molecule has 1 rings (SSSR count). The zero-order valence-corrected chi connectivity index (χ0v) is 13.7. The van der Waals surface area contributed by atoms with Gasteiger partial charge >= 0.3 is 0 Å². The van der Waals surface area contributed by atoms with Gasteiger partial charge in [-0.15, -0.1) is 0 Å². The summed E-state index contributed by atoms with van der Waals surface area (Å²) in [6, 6.07) is 4.96. The number of phenolic OH excluding ortho intramolecular Hbond substituents is 1. The predicted molar refractivity (Wildman–Crippen MR) is 85.9 cm³/mol. The van der Waals surface area contributed by atoms with Crippen LogP contribution in [0.3, 0.4) is 0 Å². The van der Waals surface area contributed by atoms with Crippen molar-refractivity contribution in [2.45, 2.75) is 19.3 Å². The van der Waals surface area contributed by atoms with Crippen LogP contribution in [0.25, 0.3) is 0 Å². The van der Waals surface area contributed by atoms with E-state index in [0.717, 1.165) is 20.8 Å². The van der Waals surface area contributed by atoms with Crippen LogP contribution < -0.4 is 5.32 Å². The van der Waals surface area contributed by atoms with Crippen molar-refractivity contribution in [1.82, 2.24) is 5.32 Å². The molecule has 0 aliphatic carbocycles. The molecule has 0 fully saturated rings. The molecule has 2 N–H and O–H groups in total. The van der Waals surface area contributed by atoms with Crippen LogP contribution in [0.15, 0.2) is 18.2 Å². The summed E-state index contributed by atoms with van der Waals surface area (Å²) in [5, 5.41) is 12.4. The topological polar surface area (TPSA) is 49.3 Å². The highest BCUT2D eigenvalue weighted by Crippen LogP contribution is 2.20. The third-order valence-corrected chi connectivity index (χ3v) is 3.98. The van der Waals surface area contributed by atoms with Crippen molar-refractivity contribution in [3.63, 3.8) is 0 Å². The van der Waals surface area contributed by atoms with E-state index < -0.39 is 0 Å². The third-order valence-electron chi connectivity index (χ3n) is 2.30. The summed E-state index contributed by atoms with van der Waals surface area (Å²) >= 11 is 4.38. The van der Waals surface area contributed by atoms with Crippen LogP contribution in [0.4, 0.5) is 0 Å². The molecule has 0 heterocycles. The largest absolute Gasteiger partial charge is 0.507 e. The maximum Gasteiger partial charge on any atom is 0.251 e. The maximum atomic E-state index is 11.7. The summed E-state index contributed by atoms with van der Waals surface area (Å²) in [5.74, 6) is 0.0364. The minimum absolute atomic E-state index is 0.119. The maximum absolute atomic E-state index is 11.7. The van der Waals surface area contributed by atoms with Gasteiger partial charge in [-0.3, -0.25) is 4.79 Å². The van der Waals surface area contributed by atoms with Gasteiger partial charge in [-0.2, -0.15) is 0 Å². The Morgan fingerprint density at radius 1 is 1.29 bits per heavy atom. The normalized spacial score (nSPS) is 10.2. The first kappa shape index (κ1) is 15.0. The Labute approximate surface area is 129 Å². The Morgan fingerprint density at radius 3 is 2.71 bits per heavy atom. The number of phenols is 1. The lowest BCUT2D eigenvalue weighted by Crippen LogP contribution is -2.24. The molecule has 0 aliphatic rings. The molecule has 0 aromatic heterocycles. The number of rotatable bonds is 6. The van der Waals surface area contributed by atoms with Crippen molar-refractivity contribution in [2.24, 2.45) is 0 Å². The first-order chi connectivity index (χ1) is 8.15. The van der Waals surface area contributed by atoms with Gasteiger partial charge in [0.1, 0.15) is 5.75 Å². The van der Waals surface area contributed by atoms with Gasteiger partial charge in [0.2, 0.25) is 0 Å². The number of benzene rings is 1. The number of nitrogens with one attached hydrogen (secondary N) is 1. The molecule has 17 heavy (non-hydrogen) atoms. The van der Waals surface area contributed by atoms with Crippen molar-refractivity contribution < 1.29 is 9.90 Å². The molecule has 0 saturated carbocycles. The number of carbonyl (C=O) groups excluding carboxylic acids is 1. The lowest BCUT2D eigenvalue weighted by atomic mass is 10.2. The van der Waals surface area contributed by atoms with Gasteiger partial charge in [-0.25, -0.2) is 0 Å². The van der Waals surface area contributed by atoms with Crippen molar-refractivity contribution in [1.29, 1.82) is 0 Å². The van der Waals surface area contributed by atoms with E-state index in [9.17, 15) is 9.90 Å². The summed E-state index contributed by atoms with van der Waals surface area (Å²) < 4.78 is 1.91. The highest BCUT2D eigenvalue weighted by molar-refractivity contribution is 14.1. The van der Waals surface area contributed by atoms with E-state index in [1.54, 1.807) is 12.1 Å². The second-order valence-corrected chi connectivity index (χ2v) is 5.91. The predicted octanol–water partition coefficient (Wildman–Crippen LogP) is 3.33. The number of alkyl halides is 1. The molecule has 5 heteroatoms. The van der Waals surface area contributed by atoms with Gasteiger partial charge < -0.3 is 10.4 Å². The fourth-order valence-corrected chi connectivity index (χ4v) is 2.23. The van der Waals surface area contributed by atoms with E-state index >= 15 is 0 Å². The van der Waals surface area contributed by atoms with E-state index in [1.165, 1.54) is 12.5 Å². The van der Waals surface area contributed by atoms with Crippen LogP contribution >= 0.6 is 45.2 Å². The van der Waals surface area contributed by atoms with E-state index in [-0.39, 0.29) is 11.7 Å². The van der Waals surface area contributed by atoms with Crippen LogP contribution in [0, 0.1) is 3.57 Å². The molecule has 0 unspecified atom stereocenters. The first-order valence-electron chi connectivity index (χ1n) is 5.48. The van der Waals surface area contributed by atoms with Gasteiger partial charge in [-0.05, 0) is 58.1 Å². The molecule has 0 spiro atoms. The number of hydrogen-bond acceptors (Lipinski definition) is 2. The zero-order valence-electron chi connectivity index (χ0n) is 9.38. The Bertz CT molecular complexity index is 383. The number of aromatic hydroxyl groups is 1. The quantitative estimate of drug-likeness (QED) is 0.390. The Balaban J connectivity index is 2.39. The van der Waals surface area contributed by atoms with Gasteiger partial charge in [-0.1, -0.05) is 29.0 Å². The number of carbonyl (C=O) groups is 1. The summed E-state index contributed by atoms with van der Waals surface area (Å²) in [7, 11) is 0. The summed E-state index contributed by atoms with van der Waals surface area (Å²) in [4.78, 5) is 11.7. The molecule has 1 amide bonds. The average Bonchev–Trinajstić information content (AvgIpc) is 2.32. The van der Waals surface area contributed by atoms with E-state index in [4.69, 9.17) is 0 Å². The Kier molecular flexibility index (Phi) is 7.17. The fraction of sp³-hybridized carbons (Fsp3) is 0.417. The average molecular weight is 459 g/mol. The van der Waals surface area contributed by atoms with Crippen molar-refractivity contribution in [3.8, 4) is 5.75 Å². The van der Waals surface area contributed by atoms with E-state index in [1.807, 2.05) is 22.6 Å². The molecule has 3 nitrogen and oxygen atoms in total. The molecule has 0 bridgehead atoms. The first-order valence-corrected chi connectivity index (χ1v) is 8.08. The summed E-state index contributed by atoms with van der Waals surface area (Å²) in [6.45, 7) is 0.697. The van der Waals surface area contributed by atoms with Crippen LogP contribution in [0.2, 0.25) is 0 Å². The summed E-state index contributed by atoms with van der Waals surface area (Å²) in [5.41, 5.74) is 0.511. The van der Waals surface area contributed by atoms with Crippen LogP contribution in [-0.4, -0.2) is 22.0 Å². The van der Waals surface area contributed by atoms with Gasteiger partial charge in [0.25, 0.3) is 5.91 Å². The lowest BCUT2D eigenvalue weighted by molar-refractivity contribution is 0.0952. The molecule has 0 saturated heterocycles. The molecular weight excluding hydrogens is 444 g/mol. The SMILES string of the molecule is O=C(NCCCCCI)c1ccc(I)c(O)c1. The fourth-order valence-electron chi connectivity index (χ4n) is 1.35. The molecule has 0 atom stereocenters. The monoisotopic (exact) mass is 459 g/mol. The summed E-state index contributed by atoms with van der Waals surface area (Å²) in [6.07, 6.45) is 3.34. The van der Waals surface area contributed by atoms with Crippen LogP contribution in [-0.2, 0) is 0 Å². The van der Waals surface area contributed by atoms with E-state index in [0.29, 0.717) is 12.1 Å². The molecule has 94 valence electrons. The number of amides is 1. The van der Waals surface area contributed by atoms with Crippen molar-refractivity contribution in [3.05, 3.63) is 27.3 Å². The van der Waals surface area contributed by atoms with Crippen LogP contribution in [0.5, 0.6) is 5.75 Å². The number of unbranched alkanes of at least 4 members (excludes halogenated alkanes) is 2. The minimum Gasteiger partial charge on any atom is -0.507 e. The molecule has 1 aromatic rings. The Morgan fingerprint density at radius 2 is 2.06 bits per heavy atom. The molecule has 0 radical (unpaired) electrons. The van der Waals surface area contributed by atoms with Crippen molar-refractivity contribution in [2.75, 3.05) is 11.0 Å². The van der Waals surface area contributed by atoms with Gasteiger partial charge in [0.15, 0.2) is 0 Å². The Hall–Kier alpha value is -0.0500. The van der Waals surface area contributed by atoms with Gasteiger partial charge in [0.05, 0.1) is 3.57 Å². The standard InChI is InChI=1S/C12H15I2NO2/c13-6-2-1-3-7-15-12(17)9-4-5-10(14)11(16)8-9/h4-5,8,16H,1-3,6-7H2,(H,15,17). The lowest BCUT2D eigenvalue weighted by Gasteiger charge is -2.05. The zero-order chi connectivity index (χ0) is 12.7. The molecule has 0 aliphatic heterocycles. The third kappa shape index (κ3) is 5.41. The highest BCUT2D eigenvalue weighted by Gasteiger charge is 2.07. The molecule has 1 aromatic carbocycles. The highest BCUT2D eigenvalue weighted by atomic mass is 127. The van der Waals surface area contributed by atoms with Crippen molar-refractivity contribution >= 4 is 51.1 Å². The van der Waals surface area contributed by atoms with Crippen LogP contribution in [0.1, 0.15) is 29.6 Å². The smallest absolute Gasteiger partial charge is 0.251 e.